The van der Waals surface area contributed by atoms with Crippen LogP contribution < -0.4 is 21.3 Å². The number of likely N-dealkylation sites (tertiary alicyclic amines) is 1. The molecule has 4 atom stereocenters. The predicted octanol–water partition coefficient (Wildman–Crippen LogP) is 4.11. The molecule has 2 fully saturated rings. The maximum atomic E-state index is 14.3. The summed E-state index contributed by atoms with van der Waals surface area (Å²) in [5, 5.41) is 11.4. The second kappa shape index (κ2) is 18.2. The van der Waals surface area contributed by atoms with Gasteiger partial charge in [-0.15, -0.1) is 18.9 Å². The van der Waals surface area contributed by atoms with E-state index in [4.69, 9.17) is 6.42 Å². The predicted molar refractivity (Wildman–Crippen MR) is 185 cm³/mol. The lowest BCUT2D eigenvalue weighted by Gasteiger charge is -2.40. The van der Waals surface area contributed by atoms with Gasteiger partial charge >= 0.3 is 6.03 Å². The van der Waals surface area contributed by atoms with E-state index in [9.17, 15) is 24.0 Å². The summed E-state index contributed by atoms with van der Waals surface area (Å²) in [6.07, 6.45) is 14.5. The summed E-state index contributed by atoms with van der Waals surface area (Å²) in [6, 6.07) is -3.37. The summed E-state index contributed by atoms with van der Waals surface area (Å²) in [4.78, 5) is 68.7. The molecule has 46 heavy (non-hydrogen) atoms. The molecule has 0 aromatic carbocycles. The van der Waals surface area contributed by atoms with E-state index in [0.29, 0.717) is 6.42 Å². The van der Waals surface area contributed by atoms with Gasteiger partial charge in [-0.25, -0.2) is 4.79 Å². The van der Waals surface area contributed by atoms with Crippen molar-refractivity contribution < 1.29 is 24.0 Å². The fourth-order valence-electron chi connectivity index (χ4n) is 6.18. The topological polar surface area (TPSA) is 137 Å². The van der Waals surface area contributed by atoms with Crippen molar-refractivity contribution in [1.29, 1.82) is 0 Å². The fraction of sp³-hybridized carbons (Fsp3) is 0.686. The van der Waals surface area contributed by atoms with Crippen LogP contribution >= 0.6 is 11.8 Å². The van der Waals surface area contributed by atoms with Crippen molar-refractivity contribution in [3.8, 4) is 12.3 Å². The number of urea groups is 1. The van der Waals surface area contributed by atoms with E-state index in [1.54, 1.807) is 11.8 Å². The largest absolute Gasteiger partial charge is 0.346 e. The molecule has 256 valence electrons. The highest BCUT2D eigenvalue weighted by Gasteiger charge is 2.45. The monoisotopic (exact) mass is 657 g/mol. The van der Waals surface area contributed by atoms with Gasteiger partial charge in [-0.1, -0.05) is 64.7 Å². The Kier molecular flexibility index (Phi) is 15.4. The van der Waals surface area contributed by atoms with Gasteiger partial charge in [0.2, 0.25) is 17.6 Å². The number of nitrogens with one attached hydrogen (secondary N) is 4. The second-order valence-electron chi connectivity index (χ2n) is 13.8. The van der Waals surface area contributed by atoms with Gasteiger partial charge in [-0.3, -0.25) is 19.2 Å². The van der Waals surface area contributed by atoms with Gasteiger partial charge < -0.3 is 26.2 Å². The SMILES string of the molecule is C#CCCC(NC(=O)[C@@H]1C[C@@H](C=C(C)C)CN1C(=O)[C@@H](NC(=O)NC1(CSCC)CCCCC1)C(C)(C)C)C(=O)C(=O)NCC=C. The van der Waals surface area contributed by atoms with Crippen LogP contribution in [-0.2, 0) is 19.2 Å². The van der Waals surface area contributed by atoms with Crippen molar-refractivity contribution in [3.05, 3.63) is 24.3 Å². The highest BCUT2D eigenvalue weighted by Crippen LogP contribution is 2.33. The number of Topliss-reactive ketones (excluding diaryl/α,β-unsaturated/α-hetero) is 1. The van der Waals surface area contributed by atoms with Crippen molar-refractivity contribution in [3.63, 3.8) is 0 Å². The number of hydrogen-bond donors (Lipinski definition) is 4. The third-order valence-corrected chi connectivity index (χ3v) is 9.65. The van der Waals surface area contributed by atoms with Crippen LogP contribution in [0, 0.1) is 23.7 Å². The van der Waals surface area contributed by atoms with E-state index in [2.05, 4.69) is 40.7 Å². The zero-order valence-corrected chi connectivity index (χ0v) is 29.4. The van der Waals surface area contributed by atoms with Crippen LogP contribution in [0.2, 0.25) is 0 Å². The van der Waals surface area contributed by atoms with Crippen molar-refractivity contribution in [1.82, 2.24) is 26.2 Å². The molecule has 5 amide bonds. The van der Waals surface area contributed by atoms with Crippen LogP contribution in [0.3, 0.4) is 0 Å². The zero-order valence-electron chi connectivity index (χ0n) is 28.6. The lowest BCUT2D eigenvalue weighted by molar-refractivity contribution is -0.143. The number of thioether (sulfide) groups is 1. The summed E-state index contributed by atoms with van der Waals surface area (Å²) in [5.41, 5.74) is 0.0556. The summed E-state index contributed by atoms with van der Waals surface area (Å²) in [6.45, 7) is 15.6. The Bertz CT molecular complexity index is 1180. The van der Waals surface area contributed by atoms with Gasteiger partial charge in [0.15, 0.2) is 0 Å². The molecule has 11 heteroatoms. The Morgan fingerprint density at radius 2 is 1.78 bits per heavy atom. The Morgan fingerprint density at radius 1 is 1.11 bits per heavy atom. The fourth-order valence-corrected chi connectivity index (χ4v) is 7.14. The Hall–Kier alpha value is -3.26. The van der Waals surface area contributed by atoms with Gasteiger partial charge in [0, 0.05) is 25.3 Å². The number of nitrogens with zero attached hydrogens (tertiary/aromatic N) is 1. The summed E-state index contributed by atoms with van der Waals surface area (Å²) < 4.78 is 0. The number of allylic oxidation sites excluding steroid dienone is 1. The normalized spacial score (nSPS) is 20.3. The Morgan fingerprint density at radius 3 is 2.35 bits per heavy atom. The minimum Gasteiger partial charge on any atom is -0.346 e. The molecule has 1 saturated heterocycles. The molecule has 1 saturated carbocycles. The van der Waals surface area contributed by atoms with E-state index in [-0.39, 0.29) is 43.3 Å². The minimum absolute atomic E-state index is 0.0745. The van der Waals surface area contributed by atoms with Crippen molar-refractivity contribution in [2.75, 3.05) is 24.6 Å². The molecular weight excluding hydrogens is 602 g/mol. The molecule has 2 rings (SSSR count). The standard InChI is InChI=1S/C35H55N5O5S/c1-9-12-16-26(28(41)31(43)36-19-10-2)37-30(42)27-21-25(20-24(4)5)22-40(27)32(44)29(34(6,7)8)38-33(45)39-35(23-46-11-3)17-14-13-15-18-35/h1,10,20,25-27,29H,2,11-19,21-23H2,3-8H3,(H,36,43)(H,37,42)(H2,38,39,45)/t25-,26?,27+,29-/m1/s1. The number of amides is 5. The molecule has 0 aromatic heterocycles. The second-order valence-corrected chi connectivity index (χ2v) is 15.1. The summed E-state index contributed by atoms with van der Waals surface area (Å²) >= 11 is 1.80. The lowest BCUT2D eigenvalue weighted by atomic mass is 9.83. The van der Waals surface area contributed by atoms with Crippen LogP contribution in [0.25, 0.3) is 0 Å². The van der Waals surface area contributed by atoms with Crippen molar-refractivity contribution in [2.45, 2.75) is 117 Å². The quantitative estimate of drug-likeness (QED) is 0.119. The number of ketones is 1. The molecule has 1 aliphatic carbocycles. The molecular formula is C35H55N5O5S. The van der Waals surface area contributed by atoms with Crippen molar-refractivity contribution in [2.24, 2.45) is 11.3 Å². The smallest absolute Gasteiger partial charge is 0.315 e. The van der Waals surface area contributed by atoms with Gasteiger partial charge in [-0.2, -0.15) is 11.8 Å². The molecule has 1 aliphatic heterocycles. The van der Waals surface area contributed by atoms with E-state index in [0.717, 1.165) is 49.2 Å². The number of hydrogen-bond acceptors (Lipinski definition) is 6. The number of carbonyl (C=O) groups is 5. The maximum absolute atomic E-state index is 14.3. The van der Waals surface area contributed by atoms with E-state index in [1.165, 1.54) is 11.0 Å². The van der Waals surface area contributed by atoms with Crippen LogP contribution in [-0.4, -0.2) is 82.7 Å². The van der Waals surface area contributed by atoms with Gasteiger partial charge in [-0.05, 0) is 56.6 Å². The maximum Gasteiger partial charge on any atom is 0.315 e. The molecule has 2 aliphatic rings. The lowest BCUT2D eigenvalue weighted by Crippen LogP contribution is -2.62. The molecule has 1 heterocycles. The van der Waals surface area contributed by atoms with Gasteiger partial charge in [0.25, 0.3) is 5.91 Å². The van der Waals surface area contributed by atoms with Crippen LogP contribution in [0.15, 0.2) is 24.3 Å². The highest BCUT2D eigenvalue weighted by atomic mass is 32.2. The van der Waals surface area contributed by atoms with E-state index in [1.807, 2.05) is 40.7 Å². The Balaban J connectivity index is 2.34. The molecule has 0 radical (unpaired) electrons. The average molecular weight is 658 g/mol. The third kappa shape index (κ3) is 11.5. The molecule has 4 N–H and O–H groups in total. The first kappa shape index (κ1) is 38.9. The molecule has 0 aromatic rings. The average Bonchev–Trinajstić information content (AvgIpc) is 3.42. The third-order valence-electron chi connectivity index (χ3n) is 8.49. The molecule has 0 spiro atoms. The van der Waals surface area contributed by atoms with Gasteiger partial charge in [0.1, 0.15) is 12.1 Å². The zero-order chi connectivity index (χ0) is 34.5. The summed E-state index contributed by atoms with van der Waals surface area (Å²) in [7, 11) is 0. The number of rotatable bonds is 15. The Labute approximate surface area is 280 Å². The molecule has 10 nitrogen and oxygen atoms in total. The van der Waals surface area contributed by atoms with E-state index >= 15 is 0 Å². The first-order chi connectivity index (χ1) is 21.7. The first-order valence-electron chi connectivity index (χ1n) is 16.5. The molecule has 0 bridgehead atoms. The van der Waals surface area contributed by atoms with Crippen LogP contribution in [0.1, 0.15) is 92.9 Å². The summed E-state index contributed by atoms with van der Waals surface area (Å²) in [5.74, 6) is 1.54. The first-order valence-corrected chi connectivity index (χ1v) is 17.6. The molecule has 1 unspecified atom stereocenters. The van der Waals surface area contributed by atoms with Crippen LogP contribution in [0.4, 0.5) is 4.79 Å². The number of carbonyl (C=O) groups excluding carboxylic acids is 5. The minimum atomic E-state index is -1.15. The van der Waals surface area contributed by atoms with Gasteiger partial charge in [0.05, 0.1) is 11.6 Å². The number of terminal acetylenes is 1. The highest BCUT2D eigenvalue weighted by molar-refractivity contribution is 7.99. The van der Waals surface area contributed by atoms with E-state index < -0.39 is 47.2 Å². The van der Waals surface area contributed by atoms with Crippen molar-refractivity contribution >= 4 is 41.3 Å². The van der Waals surface area contributed by atoms with Crippen LogP contribution in [0.5, 0.6) is 0 Å².